The summed E-state index contributed by atoms with van der Waals surface area (Å²) < 4.78 is 11.1. The van der Waals surface area contributed by atoms with Crippen LogP contribution in [-0.4, -0.2) is 53.4 Å². The van der Waals surface area contributed by atoms with Crippen molar-refractivity contribution in [2.75, 3.05) is 20.8 Å². The number of aromatic nitrogens is 1. The molecule has 0 aliphatic carbocycles. The smallest absolute Gasteiger partial charge is 0.246 e. The number of ether oxygens (including phenoxy) is 2. The van der Waals surface area contributed by atoms with Gasteiger partial charge < -0.3 is 24.3 Å². The highest BCUT2D eigenvalue weighted by molar-refractivity contribution is 5.97. The number of nitrogens with zero attached hydrogens (tertiary/aromatic N) is 2. The first-order chi connectivity index (χ1) is 17.6. The van der Waals surface area contributed by atoms with E-state index in [0.717, 1.165) is 33.3 Å². The molecule has 2 atom stereocenters. The number of aromatic amines is 1. The number of benzene rings is 3. The minimum Gasteiger partial charge on any atom is -0.497 e. The molecule has 2 aliphatic heterocycles. The predicted molar refractivity (Wildman–Crippen MR) is 136 cm³/mol. The topological polar surface area (TPSA) is 74.9 Å². The van der Waals surface area contributed by atoms with Crippen molar-refractivity contribution in [2.45, 2.75) is 25.0 Å². The Kier molecular flexibility index (Phi) is 5.40. The number of H-pyrrole nitrogens is 1. The van der Waals surface area contributed by atoms with Crippen LogP contribution in [0.25, 0.3) is 10.9 Å². The van der Waals surface area contributed by atoms with Crippen molar-refractivity contribution in [3.8, 4) is 11.5 Å². The van der Waals surface area contributed by atoms with Crippen molar-refractivity contribution in [2.24, 2.45) is 0 Å². The number of rotatable bonds is 5. The maximum atomic E-state index is 13.9. The molecule has 182 valence electrons. The Bertz CT molecular complexity index is 1460. The van der Waals surface area contributed by atoms with E-state index in [1.807, 2.05) is 66.7 Å². The van der Waals surface area contributed by atoms with Gasteiger partial charge in [0.05, 0.1) is 14.2 Å². The van der Waals surface area contributed by atoms with Gasteiger partial charge in [-0.05, 0) is 29.3 Å². The van der Waals surface area contributed by atoms with Gasteiger partial charge in [-0.3, -0.25) is 9.59 Å². The second kappa shape index (κ2) is 8.75. The van der Waals surface area contributed by atoms with E-state index in [9.17, 15) is 9.59 Å². The van der Waals surface area contributed by atoms with Gasteiger partial charge in [-0.15, -0.1) is 0 Å². The predicted octanol–water partition coefficient (Wildman–Crippen LogP) is 4.07. The highest BCUT2D eigenvalue weighted by Crippen LogP contribution is 2.45. The van der Waals surface area contributed by atoms with Crippen LogP contribution in [0.5, 0.6) is 11.5 Å². The summed E-state index contributed by atoms with van der Waals surface area (Å²) in [6.07, 6.45) is 0.462. The summed E-state index contributed by atoms with van der Waals surface area (Å²) >= 11 is 0. The number of methoxy groups -OCH3 is 2. The van der Waals surface area contributed by atoms with Crippen molar-refractivity contribution >= 4 is 22.7 Å². The van der Waals surface area contributed by atoms with Gasteiger partial charge in [-0.2, -0.15) is 0 Å². The summed E-state index contributed by atoms with van der Waals surface area (Å²) in [7, 11) is 3.21. The molecule has 0 radical (unpaired) electrons. The number of hydrogen-bond donors (Lipinski definition) is 1. The van der Waals surface area contributed by atoms with Gasteiger partial charge in [-0.1, -0.05) is 48.5 Å². The molecule has 0 unspecified atom stereocenters. The molecule has 3 aromatic carbocycles. The number of hydrogen-bond acceptors (Lipinski definition) is 4. The maximum absolute atomic E-state index is 13.9. The summed E-state index contributed by atoms with van der Waals surface area (Å²) in [5, 5.41) is 1.07. The number of fused-ring (bicyclic) bond motifs is 4. The second-order valence-corrected chi connectivity index (χ2v) is 9.27. The van der Waals surface area contributed by atoms with Crippen LogP contribution < -0.4 is 9.47 Å². The second-order valence-electron chi connectivity index (χ2n) is 9.27. The number of carbonyl (C=O) groups is 2. The average Bonchev–Trinajstić information content (AvgIpc) is 3.29. The lowest BCUT2D eigenvalue weighted by Gasteiger charge is -2.47. The van der Waals surface area contributed by atoms with Gasteiger partial charge in [0, 0.05) is 41.2 Å². The van der Waals surface area contributed by atoms with Crippen molar-refractivity contribution < 1.29 is 19.1 Å². The Morgan fingerprint density at radius 2 is 1.72 bits per heavy atom. The molecular formula is C29H27N3O4. The molecule has 1 fully saturated rings. The third-order valence-electron chi connectivity index (χ3n) is 7.29. The van der Waals surface area contributed by atoms with Crippen LogP contribution in [0.2, 0.25) is 0 Å². The summed E-state index contributed by atoms with van der Waals surface area (Å²) in [5.41, 5.74) is 4.80. The van der Waals surface area contributed by atoms with Crippen LogP contribution in [0.15, 0.2) is 72.8 Å². The zero-order valence-electron chi connectivity index (χ0n) is 20.2. The van der Waals surface area contributed by atoms with Gasteiger partial charge in [-0.25, -0.2) is 0 Å². The molecule has 7 nitrogen and oxygen atoms in total. The molecule has 0 saturated carbocycles. The molecule has 36 heavy (non-hydrogen) atoms. The Morgan fingerprint density at radius 3 is 2.50 bits per heavy atom. The Hall–Kier alpha value is -4.26. The SMILES string of the molecule is COc1ccc([C@@H]2c3[nH]c4ccccc4c3C[C@H]3C(=O)N(Cc4ccccc4)CC(=O)N23)c(OC)c1. The molecule has 3 heterocycles. The quantitative estimate of drug-likeness (QED) is 0.466. The maximum Gasteiger partial charge on any atom is 0.246 e. The lowest BCUT2D eigenvalue weighted by molar-refractivity contribution is -0.159. The molecule has 1 N–H and O–H groups in total. The Morgan fingerprint density at radius 1 is 0.944 bits per heavy atom. The van der Waals surface area contributed by atoms with Crippen LogP contribution in [0.4, 0.5) is 0 Å². The standard InChI is InChI=1S/C29H27N3O4/c1-35-19-12-13-21(25(14-19)36-2)28-27-22(20-10-6-7-11-23(20)30-27)15-24-29(34)31(17-26(33)32(24)28)16-18-8-4-3-5-9-18/h3-14,24,28,30H,15-17H2,1-2H3/t24-,28+/m0/s1. The Balaban J connectivity index is 1.49. The minimum atomic E-state index is -0.599. The van der Waals surface area contributed by atoms with Crippen molar-refractivity contribution in [1.29, 1.82) is 0 Å². The lowest BCUT2D eigenvalue weighted by atomic mass is 9.85. The summed E-state index contributed by atoms with van der Waals surface area (Å²) in [5.74, 6) is 1.15. The molecule has 2 amide bonds. The van der Waals surface area contributed by atoms with Crippen molar-refractivity contribution in [3.05, 3.63) is 95.2 Å². The van der Waals surface area contributed by atoms with E-state index >= 15 is 0 Å². The van der Waals surface area contributed by atoms with E-state index in [0.29, 0.717) is 24.5 Å². The van der Waals surface area contributed by atoms with Crippen LogP contribution in [0.1, 0.15) is 28.4 Å². The number of carbonyl (C=O) groups excluding carboxylic acids is 2. The highest BCUT2D eigenvalue weighted by atomic mass is 16.5. The van der Waals surface area contributed by atoms with E-state index in [1.54, 1.807) is 24.0 Å². The van der Waals surface area contributed by atoms with E-state index < -0.39 is 12.1 Å². The molecule has 7 heteroatoms. The molecular weight excluding hydrogens is 454 g/mol. The van der Waals surface area contributed by atoms with Gasteiger partial charge in [0.2, 0.25) is 11.8 Å². The van der Waals surface area contributed by atoms with E-state index in [4.69, 9.17) is 9.47 Å². The zero-order chi connectivity index (χ0) is 24.8. The molecule has 0 spiro atoms. The van der Waals surface area contributed by atoms with Gasteiger partial charge >= 0.3 is 0 Å². The number of para-hydroxylation sites is 1. The summed E-state index contributed by atoms with van der Waals surface area (Å²) in [6, 6.07) is 22.4. The molecule has 2 aliphatic rings. The van der Waals surface area contributed by atoms with E-state index in [1.165, 1.54) is 0 Å². The fourth-order valence-corrected chi connectivity index (χ4v) is 5.63. The summed E-state index contributed by atoms with van der Waals surface area (Å²) in [6.45, 7) is 0.446. The fourth-order valence-electron chi connectivity index (χ4n) is 5.63. The lowest BCUT2D eigenvalue weighted by Crippen LogP contribution is -2.62. The minimum absolute atomic E-state index is 0.0353. The van der Waals surface area contributed by atoms with Gasteiger partial charge in [0.15, 0.2) is 0 Å². The third kappa shape index (κ3) is 3.50. The Labute approximate surface area is 209 Å². The first-order valence-corrected chi connectivity index (χ1v) is 12.0. The number of nitrogens with one attached hydrogen (secondary N) is 1. The van der Waals surface area contributed by atoms with Crippen LogP contribution in [0, 0.1) is 0 Å². The molecule has 4 aromatic rings. The normalized spacial score (nSPS) is 19.3. The molecule has 0 bridgehead atoms. The van der Waals surface area contributed by atoms with Crippen molar-refractivity contribution in [3.63, 3.8) is 0 Å². The zero-order valence-corrected chi connectivity index (χ0v) is 20.2. The molecule has 1 aromatic heterocycles. The number of piperazine rings is 1. The fraction of sp³-hybridized carbons (Fsp3) is 0.241. The first-order valence-electron chi connectivity index (χ1n) is 12.0. The first kappa shape index (κ1) is 22.2. The monoisotopic (exact) mass is 481 g/mol. The highest BCUT2D eigenvalue weighted by Gasteiger charge is 2.48. The van der Waals surface area contributed by atoms with Gasteiger partial charge in [0.25, 0.3) is 0 Å². The van der Waals surface area contributed by atoms with Gasteiger partial charge in [0.1, 0.15) is 30.1 Å². The molecule has 6 rings (SSSR count). The van der Waals surface area contributed by atoms with E-state index in [2.05, 4.69) is 11.1 Å². The van der Waals surface area contributed by atoms with Crippen LogP contribution in [-0.2, 0) is 22.6 Å². The molecule has 1 saturated heterocycles. The average molecular weight is 482 g/mol. The van der Waals surface area contributed by atoms with Crippen LogP contribution >= 0.6 is 0 Å². The van der Waals surface area contributed by atoms with Crippen molar-refractivity contribution in [1.82, 2.24) is 14.8 Å². The van der Waals surface area contributed by atoms with E-state index in [-0.39, 0.29) is 18.4 Å². The van der Waals surface area contributed by atoms with Crippen LogP contribution in [0.3, 0.4) is 0 Å². The largest absolute Gasteiger partial charge is 0.497 e. The summed E-state index contributed by atoms with van der Waals surface area (Å²) in [4.78, 5) is 34.6. The number of amides is 2. The third-order valence-corrected chi connectivity index (χ3v) is 7.29.